The molecule has 1 aromatic carbocycles. The first-order valence-corrected chi connectivity index (χ1v) is 7.98. The summed E-state index contributed by atoms with van der Waals surface area (Å²) in [7, 11) is 2.12. The van der Waals surface area contributed by atoms with Gasteiger partial charge in [-0.05, 0) is 46.0 Å². The molecule has 4 heteroatoms. The molecule has 0 saturated carbocycles. The van der Waals surface area contributed by atoms with Crippen molar-refractivity contribution in [2.24, 2.45) is 0 Å². The third-order valence-electron chi connectivity index (χ3n) is 4.32. The molecular formula is C17H27FN2O. The van der Waals surface area contributed by atoms with Gasteiger partial charge in [0.15, 0.2) is 11.6 Å². The molecule has 0 bridgehead atoms. The monoisotopic (exact) mass is 294 g/mol. The maximum Gasteiger partial charge on any atom is 0.165 e. The number of ether oxygens (including phenoxy) is 1. The Balaban J connectivity index is 2.07. The fourth-order valence-corrected chi connectivity index (χ4v) is 2.97. The van der Waals surface area contributed by atoms with Crippen LogP contribution in [-0.2, 0) is 0 Å². The smallest absolute Gasteiger partial charge is 0.165 e. The van der Waals surface area contributed by atoms with E-state index in [0.29, 0.717) is 18.4 Å². The zero-order chi connectivity index (χ0) is 15.2. The Labute approximate surface area is 127 Å². The summed E-state index contributed by atoms with van der Waals surface area (Å²) in [5.74, 6) is 0.139. The van der Waals surface area contributed by atoms with E-state index >= 15 is 0 Å². The lowest BCUT2D eigenvalue weighted by molar-refractivity contribution is 0.122. The van der Waals surface area contributed by atoms with Crippen LogP contribution in [0.4, 0.5) is 4.39 Å². The van der Waals surface area contributed by atoms with Gasteiger partial charge in [-0.15, -0.1) is 0 Å². The third kappa shape index (κ3) is 4.17. The average molecular weight is 294 g/mol. The lowest BCUT2D eigenvalue weighted by atomic mass is 10.0. The highest BCUT2D eigenvalue weighted by atomic mass is 19.1. The van der Waals surface area contributed by atoms with Gasteiger partial charge < -0.3 is 15.0 Å². The van der Waals surface area contributed by atoms with E-state index in [1.165, 1.54) is 18.9 Å². The van der Waals surface area contributed by atoms with E-state index in [0.717, 1.165) is 25.1 Å². The van der Waals surface area contributed by atoms with E-state index in [1.54, 1.807) is 6.07 Å². The highest BCUT2D eigenvalue weighted by Crippen LogP contribution is 2.29. The highest BCUT2D eigenvalue weighted by Gasteiger charge is 2.21. The van der Waals surface area contributed by atoms with Crippen LogP contribution in [0.1, 0.15) is 44.7 Å². The number of nitrogens with zero attached hydrogens (tertiary/aromatic N) is 1. The molecule has 2 rings (SSSR count). The molecule has 1 saturated heterocycles. The predicted molar refractivity (Wildman–Crippen MR) is 84.3 cm³/mol. The zero-order valence-corrected chi connectivity index (χ0v) is 13.4. The van der Waals surface area contributed by atoms with Crippen LogP contribution in [0.3, 0.4) is 0 Å². The molecule has 0 radical (unpaired) electrons. The second-order valence-electron chi connectivity index (χ2n) is 5.88. The van der Waals surface area contributed by atoms with Crippen molar-refractivity contribution in [2.75, 3.05) is 26.7 Å². The summed E-state index contributed by atoms with van der Waals surface area (Å²) in [5, 5.41) is 3.32. The van der Waals surface area contributed by atoms with E-state index in [4.69, 9.17) is 4.74 Å². The number of nitrogens with one attached hydrogen (secondary N) is 1. The number of rotatable bonds is 6. The van der Waals surface area contributed by atoms with Gasteiger partial charge in [-0.25, -0.2) is 4.39 Å². The first kappa shape index (κ1) is 16.2. The second kappa shape index (κ2) is 7.76. The van der Waals surface area contributed by atoms with Gasteiger partial charge in [0, 0.05) is 17.6 Å². The summed E-state index contributed by atoms with van der Waals surface area (Å²) in [6, 6.07) is 5.64. The Bertz CT molecular complexity index is 452. The topological polar surface area (TPSA) is 24.5 Å². The molecule has 0 aliphatic carbocycles. The molecule has 118 valence electrons. The summed E-state index contributed by atoms with van der Waals surface area (Å²) in [6.45, 7) is 6.60. The normalized spacial score (nSPS) is 21.2. The average Bonchev–Trinajstić information content (AvgIpc) is 2.47. The summed E-state index contributed by atoms with van der Waals surface area (Å²) < 4.78 is 20.0. The highest BCUT2D eigenvalue weighted by molar-refractivity contribution is 5.37. The van der Waals surface area contributed by atoms with Gasteiger partial charge in [0.05, 0.1) is 0 Å². The minimum absolute atomic E-state index is 0.0878. The van der Waals surface area contributed by atoms with Crippen molar-refractivity contribution < 1.29 is 9.13 Å². The maximum atomic E-state index is 14.1. The largest absolute Gasteiger partial charge is 0.489 e. The van der Waals surface area contributed by atoms with Crippen LogP contribution in [0, 0.1) is 5.82 Å². The van der Waals surface area contributed by atoms with Crippen molar-refractivity contribution in [1.29, 1.82) is 0 Å². The maximum absolute atomic E-state index is 14.1. The van der Waals surface area contributed by atoms with Crippen LogP contribution in [0.5, 0.6) is 5.75 Å². The number of piperidine rings is 1. The standard InChI is InChI=1S/C17H27FN2O/c1-4-19-13(2)15-9-7-10-16(18)17(15)21-12-14-8-5-6-11-20(14)3/h7,9-10,13-14,19H,4-6,8,11-12H2,1-3H3. The lowest BCUT2D eigenvalue weighted by Gasteiger charge is -2.32. The van der Waals surface area contributed by atoms with Crippen LogP contribution in [0.2, 0.25) is 0 Å². The van der Waals surface area contributed by atoms with Crippen LogP contribution >= 0.6 is 0 Å². The fourth-order valence-electron chi connectivity index (χ4n) is 2.97. The van der Waals surface area contributed by atoms with Gasteiger partial charge in [-0.3, -0.25) is 0 Å². The summed E-state index contributed by atoms with van der Waals surface area (Å²) in [4.78, 5) is 2.32. The SMILES string of the molecule is CCNC(C)c1cccc(F)c1OCC1CCCCN1C. The second-order valence-corrected chi connectivity index (χ2v) is 5.88. The number of hydrogen-bond acceptors (Lipinski definition) is 3. The van der Waals surface area contributed by atoms with Crippen molar-refractivity contribution >= 4 is 0 Å². The fraction of sp³-hybridized carbons (Fsp3) is 0.647. The van der Waals surface area contributed by atoms with Gasteiger partial charge in [-0.1, -0.05) is 25.5 Å². The molecule has 1 aliphatic rings. The number of para-hydroxylation sites is 1. The zero-order valence-electron chi connectivity index (χ0n) is 13.4. The Morgan fingerprint density at radius 1 is 1.43 bits per heavy atom. The Hall–Kier alpha value is -1.13. The van der Waals surface area contributed by atoms with Crippen molar-refractivity contribution in [1.82, 2.24) is 10.2 Å². The van der Waals surface area contributed by atoms with Gasteiger partial charge in [0.1, 0.15) is 6.61 Å². The van der Waals surface area contributed by atoms with Crippen molar-refractivity contribution in [3.8, 4) is 5.75 Å². The molecule has 0 amide bonds. The predicted octanol–water partition coefficient (Wildman–Crippen LogP) is 3.36. The van der Waals surface area contributed by atoms with Gasteiger partial charge in [-0.2, -0.15) is 0 Å². The molecular weight excluding hydrogens is 267 g/mol. The van der Waals surface area contributed by atoms with Crippen LogP contribution < -0.4 is 10.1 Å². The Kier molecular flexibility index (Phi) is 6.00. The molecule has 0 spiro atoms. The number of hydrogen-bond donors (Lipinski definition) is 1. The van der Waals surface area contributed by atoms with Crippen molar-refractivity contribution in [2.45, 2.75) is 45.2 Å². The first-order chi connectivity index (χ1) is 10.1. The molecule has 1 heterocycles. The van der Waals surface area contributed by atoms with E-state index < -0.39 is 0 Å². The molecule has 1 aliphatic heterocycles. The minimum atomic E-state index is -0.268. The van der Waals surface area contributed by atoms with Crippen molar-refractivity contribution in [3.63, 3.8) is 0 Å². The van der Waals surface area contributed by atoms with E-state index in [-0.39, 0.29) is 11.9 Å². The van der Waals surface area contributed by atoms with Crippen molar-refractivity contribution in [3.05, 3.63) is 29.6 Å². The van der Waals surface area contributed by atoms with Gasteiger partial charge in [0.2, 0.25) is 0 Å². The quantitative estimate of drug-likeness (QED) is 0.870. The number of likely N-dealkylation sites (N-methyl/N-ethyl adjacent to an activating group) is 1. The first-order valence-electron chi connectivity index (χ1n) is 7.98. The van der Waals surface area contributed by atoms with Gasteiger partial charge >= 0.3 is 0 Å². The molecule has 2 atom stereocenters. The number of halogens is 1. The van der Waals surface area contributed by atoms with Crippen LogP contribution in [0.25, 0.3) is 0 Å². The summed E-state index contributed by atoms with van der Waals surface area (Å²) in [6.07, 6.45) is 3.61. The number of benzene rings is 1. The molecule has 21 heavy (non-hydrogen) atoms. The Morgan fingerprint density at radius 2 is 2.24 bits per heavy atom. The minimum Gasteiger partial charge on any atom is -0.489 e. The van der Waals surface area contributed by atoms with Crippen LogP contribution in [-0.4, -0.2) is 37.7 Å². The number of likely N-dealkylation sites (tertiary alicyclic amines) is 1. The Morgan fingerprint density at radius 3 is 2.95 bits per heavy atom. The molecule has 1 fully saturated rings. The molecule has 1 N–H and O–H groups in total. The van der Waals surface area contributed by atoms with E-state index in [1.807, 2.05) is 19.9 Å². The summed E-state index contributed by atoms with van der Waals surface area (Å²) in [5.41, 5.74) is 0.898. The molecule has 3 nitrogen and oxygen atoms in total. The summed E-state index contributed by atoms with van der Waals surface area (Å²) >= 11 is 0. The lowest BCUT2D eigenvalue weighted by Crippen LogP contribution is -2.40. The van der Waals surface area contributed by atoms with E-state index in [9.17, 15) is 4.39 Å². The van der Waals surface area contributed by atoms with Gasteiger partial charge in [0.25, 0.3) is 0 Å². The molecule has 1 aromatic rings. The third-order valence-corrected chi connectivity index (χ3v) is 4.32. The molecule has 2 unspecified atom stereocenters. The van der Waals surface area contributed by atoms with E-state index in [2.05, 4.69) is 17.3 Å². The molecule has 0 aromatic heterocycles. The van der Waals surface area contributed by atoms with Crippen LogP contribution in [0.15, 0.2) is 18.2 Å².